The monoisotopic (exact) mass is 183 g/mol. The van der Waals surface area contributed by atoms with Crippen LogP contribution in [0.4, 0.5) is 0 Å². The minimum atomic E-state index is -0.331. The summed E-state index contributed by atoms with van der Waals surface area (Å²) in [5, 5.41) is 11.9. The Bertz CT molecular complexity index is 254. The van der Waals surface area contributed by atoms with E-state index in [1.165, 1.54) is 0 Å². The summed E-state index contributed by atoms with van der Waals surface area (Å²) in [4.78, 5) is 1.05. The number of hydrogen-bond acceptors (Lipinski definition) is 3. The van der Waals surface area contributed by atoms with E-state index in [2.05, 4.69) is 0 Å². The molecule has 1 aromatic heterocycles. The van der Waals surface area contributed by atoms with Gasteiger partial charge in [0.15, 0.2) is 0 Å². The SMILES string of the molecule is NCC1(C(O)c2cccs2)CC1. The topological polar surface area (TPSA) is 46.2 Å². The van der Waals surface area contributed by atoms with Gasteiger partial charge in [0.05, 0.1) is 6.10 Å². The maximum absolute atomic E-state index is 9.93. The average Bonchev–Trinajstić information content (AvgIpc) is 2.71. The summed E-state index contributed by atoms with van der Waals surface area (Å²) >= 11 is 1.61. The molecule has 0 bridgehead atoms. The van der Waals surface area contributed by atoms with Crippen molar-refractivity contribution in [1.82, 2.24) is 0 Å². The van der Waals surface area contributed by atoms with Crippen molar-refractivity contribution >= 4 is 11.3 Å². The van der Waals surface area contributed by atoms with Gasteiger partial charge in [-0.25, -0.2) is 0 Å². The number of aliphatic hydroxyl groups excluding tert-OH is 1. The molecule has 0 saturated heterocycles. The summed E-state index contributed by atoms with van der Waals surface area (Å²) in [6.07, 6.45) is 1.81. The maximum atomic E-state index is 9.93. The summed E-state index contributed by atoms with van der Waals surface area (Å²) < 4.78 is 0. The van der Waals surface area contributed by atoms with Gasteiger partial charge in [0.2, 0.25) is 0 Å². The zero-order valence-corrected chi connectivity index (χ0v) is 7.68. The van der Waals surface area contributed by atoms with Crippen molar-refractivity contribution in [2.45, 2.75) is 18.9 Å². The molecule has 0 aliphatic heterocycles. The Morgan fingerprint density at radius 2 is 2.42 bits per heavy atom. The van der Waals surface area contributed by atoms with Crippen LogP contribution < -0.4 is 5.73 Å². The molecule has 0 aromatic carbocycles. The van der Waals surface area contributed by atoms with Gasteiger partial charge in [-0.15, -0.1) is 11.3 Å². The molecule has 1 aliphatic rings. The predicted octanol–water partition coefficient (Wildman–Crippen LogP) is 1.52. The molecule has 12 heavy (non-hydrogen) atoms. The molecule has 1 fully saturated rings. The van der Waals surface area contributed by atoms with Gasteiger partial charge in [-0.2, -0.15) is 0 Å². The van der Waals surface area contributed by atoms with Gasteiger partial charge < -0.3 is 10.8 Å². The second kappa shape index (κ2) is 2.83. The van der Waals surface area contributed by atoms with E-state index in [0.717, 1.165) is 17.7 Å². The van der Waals surface area contributed by atoms with Gasteiger partial charge in [0, 0.05) is 16.8 Å². The van der Waals surface area contributed by atoms with Gasteiger partial charge >= 0.3 is 0 Å². The number of nitrogens with two attached hydrogens (primary N) is 1. The fourth-order valence-corrected chi connectivity index (χ4v) is 2.35. The first-order valence-electron chi connectivity index (χ1n) is 4.20. The molecule has 0 radical (unpaired) electrons. The third-order valence-electron chi connectivity index (χ3n) is 2.69. The third-order valence-corrected chi connectivity index (χ3v) is 3.62. The number of aliphatic hydroxyl groups is 1. The van der Waals surface area contributed by atoms with Crippen molar-refractivity contribution in [3.63, 3.8) is 0 Å². The lowest BCUT2D eigenvalue weighted by Gasteiger charge is -2.18. The van der Waals surface area contributed by atoms with Gasteiger partial charge in [-0.3, -0.25) is 0 Å². The van der Waals surface area contributed by atoms with E-state index in [1.54, 1.807) is 11.3 Å². The summed E-state index contributed by atoms with van der Waals surface area (Å²) in [6.45, 7) is 0.603. The second-order valence-electron chi connectivity index (χ2n) is 3.48. The molecular formula is C9H13NOS. The normalized spacial score (nSPS) is 22.2. The minimum absolute atomic E-state index is 0.0187. The fourth-order valence-electron chi connectivity index (χ4n) is 1.50. The fraction of sp³-hybridized carbons (Fsp3) is 0.556. The van der Waals surface area contributed by atoms with Crippen LogP contribution >= 0.6 is 11.3 Å². The van der Waals surface area contributed by atoms with Gasteiger partial charge in [0.25, 0.3) is 0 Å². The quantitative estimate of drug-likeness (QED) is 0.746. The van der Waals surface area contributed by atoms with Gasteiger partial charge in [-0.05, 0) is 24.3 Å². The smallest absolute Gasteiger partial charge is 0.0949 e. The molecule has 1 aromatic rings. The molecule has 3 heteroatoms. The van der Waals surface area contributed by atoms with E-state index in [4.69, 9.17) is 5.73 Å². The molecule has 0 amide bonds. The lowest BCUT2D eigenvalue weighted by molar-refractivity contribution is 0.101. The van der Waals surface area contributed by atoms with Crippen LogP contribution in [0.5, 0.6) is 0 Å². The first-order chi connectivity index (χ1) is 5.78. The molecule has 2 nitrogen and oxygen atoms in total. The van der Waals surface area contributed by atoms with Crippen LogP contribution in [-0.4, -0.2) is 11.7 Å². The highest BCUT2D eigenvalue weighted by Gasteiger charge is 2.48. The molecular weight excluding hydrogens is 170 g/mol. The van der Waals surface area contributed by atoms with Crippen molar-refractivity contribution in [3.05, 3.63) is 22.4 Å². The predicted molar refractivity (Wildman–Crippen MR) is 50.0 cm³/mol. The summed E-state index contributed by atoms with van der Waals surface area (Å²) in [5.74, 6) is 0. The van der Waals surface area contributed by atoms with E-state index < -0.39 is 0 Å². The van der Waals surface area contributed by atoms with Crippen LogP contribution in [0.15, 0.2) is 17.5 Å². The molecule has 1 saturated carbocycles. The van der Waals surface area contributed by atoms with E-state index in [0.29, 0.717) is 6.54 Å². The highest BCUT2D eigenvalue weighted by Crippen LogP contribution is 2.54. The molecule has 0 spiro atoms. The first kappa shape index (κ1) is 8.23. The highest BCUT2D eigenvalue weighted by atomic mass is 32.1. The Hall–Kier alpha value is -0.380. The Morgan fingerprint density at radius 3 is 2.83 bits per heavy atom. The number of rotatable bonds is 3. The average molecular weight is 183 g/mol. The van der Waals surface area contributed by atoms with E-state index in [1.807, 2.05) is 17.5 Å². The Kier molecular flexibility index (Phi) is 1.94. The zero-order chi connectivity index (χ0) is 8.60. The van der Waals surface area contributed by atoms with Gasteiger partial charge in [0.1, 0.15) is 0 Å². The lowest BCUT2D eigenvalue weighted by atomic mass is 9.98. The summed E-state index contributed by atoms with van der Waals surface area (Å²) in [6, 6.07) is 3.95. The molecule has 1 atom stereocenters. The van der Waals surface area contributed by atoms with E-state index >= 15 is 0 Å². The van der Waals surface area contributed by atoms with Crippen molar-refractivity contribution in [2.24, 2.45) is 11.1 Å². The van der Waals surface area contributed by atoms with Crippen LogP contribution in [0.1, 0.15) is 23.8 Å². The lowest BCUT2D eigenvalue weighted by Crippen LogP contribution is -2.22. The first-order valence-corrected chi connectivity index (χ1v) is 5.08. The minimum Gasteiger partial charge on any atom is -0.387 e. The molecule has 1 heterocycles. The van der Waals surface area contributed by atoms with Crippen molar-refractivity contribution < 1.29 is 5.11 Å². The highest BCUT2D eigenvalue weighted by molar-refractivity contribution is 7.10. The van der Waals surface area contributed by atoms with Crippen molar-refractivity contribution in [2.75, 3.05) is 6.54 Å². The third kappa shape index (κ3) is 1.18. The largest absolute Gasteiger partial charge is 0.387 e. The maximum Gasteiger partial charge on any atom is 0.0949 e. The molecule has 66 valence electrons. The van der Waals surface area contributed by atoms with Gasteiger partial charge in [-0.1, -0.05) is 6.07 Å². The molecule has 2 rings (SSSR count). The molecule has 1 unspecified atom stereocenters. The standard InChI is InChI=1S/C9H13NOS/c10-6-9(3-4-9)8(11)7-2-1-5-12-7/h1-2,5,8,11H,3-4,6,10H2. The Morgan fingerprint density at radius 1 is 1.67 bits per heavy atom. The van der Waals surface area contributed by atoms with Crippen molar-refractivity contribution in [1.29, 1.82) is 0 Å². The molecule has 3 N–H and O–H groups in total. The van der Waals surface area contributed by atoms with Crippen LogP contribution in [0.25, 0.3) is 0 Å². The zero-order valence-electron chi connectivity index (χ0n) is 6.86. The number of hydrogen-bond donors (Lipinski definition) is 2. The Labute approximate surface area is 76.0 Å². The second-order valence-corrected chi connectivity index (χ2v) is 4.46. The summed E-state index contributed by atoms with van der Waals surface area (Å²) in [7, 11) is 0. The Balaban J connectivity index is 2.15. The van der Waals surface area contributed by atoms with Crippen LogP contribution in [0.3, 0.4) is 0 Å². The number of thiophene rings is 1. The van der Waals surface area contributed by atoms with Crippen LogP contribution in [0.2, 0.25) is 0 Å². The van der Waals surface area contributed by atoms with Crippen LogP contribution in [0, 0.1) is 5.41 Å². The van der Waals surface area contributed by atoms with Crippen molar-refractivity contribution in [3.8, 4) is 0 Å². The molecule has 1 aliphatic carbocycles. The van der Waals surface area contributed by atoms with E-state index in [9.17, 15) is 5.11 Å². The van der Waals surface area contributed by atoms with Crippen LogP contribution in [-0.2, 0) is 0 Å². The van der Waals surface area contributed by atoms with E-state index in [-0.39, 0.29) is 11.5 Å². The summed E-state index contributed by atoms with van der Waals surface area (Å²) in [5.41, 5.74) is 5.64.